The second kappa shape index (κ2) is 11.5. The highest BCUT2D eigenvalue weighted by atomic mass is 28.4. The Balaban J connectivity index is 1.41. The zero-order valence-corrected chi connectivity index (χ0v) is 25.3. The minimum absolute atomic E-state index is 0.388. The van der Waals surface area contributed by atoms with Crippen molar-refractivity contribution in [2.24, 2.45) is 0 Å². The number of carbonyl (C=O) groups is 2. The second-order valence-corrected chi connectivity index (χ2v) is 18.7. The summed E-state index contributed by atoms with van der Waals surface area (Å²) in [7, 11) is -4.62. The minimum atomic E-state index is -2.31. The normalized spacial score (nSPS) is 11.6. The van der Waals surface area contributed by atoms with Crippen molar-refractivity contribution >= 4 is 38.9 Å². The summed E-state index contributed by atoms with van der Waals surface area (Å²) in [6, 6.07) is 29.9. The zero-order valence-electron chi connectivity index (χ0n) is 23.3. The SMILES string of the molecule is Cc1ccc(OC(=O)c2ccc([Si](C)(C)O[Si](C)(C)c3ccc(C(=O)Oc4ccc(C)cc4)cc3)cc2)cc1. The van der Waals surface area contributed by atoms with E-state index in [4.69, 9.17) is 13.6 Å². The Labute approximate surface area is 232 Å². The summed E-state index contributed by atoms with van der Waals surface area (Å²) < 4.78 is 17.9. The van der Waals surface area contributed by atoms with Gasteiger partial charge in [0.25, 0.3) is 0 Å². The molecule has 0 spiro atoms. The number of hydrogen-bond donors (Lipinski definition) is 0. The first-order valence-electron chi connectivity index (χ1n) is 12.9. The van der Waals surface area contributed by atoms with E-state index in [1.54, 1.807) is 48.5 Å². The molecule has 0 aliphatic rings. The topological polar surface area (TPSA) is 61.8 Å². The molecule has 0 aliphatic carbocycles. The van der Waals surface area contributed by atoms with Crippen LogP contribution in [0.1, 0.15) is 31.8 Å². The van der Waals surface area contributed by atoms with Crippen molar-refractivity contribution < 1.29 is 23.2 Å². The average Bonchev–Trinajstić information content (AvgIpc) is 2.91. The van der Waals surface area contributed by atoms with E-state index < -0.39 is 16.6 Å². The third-order valence-electron chi connectivity index (χ3n) is 6.60. The van der Waals surface area contributed by atoms with E-state index in [-0.39, 0.29) is 11.9 Å². The first-order valence-corrected chi connectivity index (χ1v) is 18.7. The number of esters is 2. The molecule has 0 heterocycles. The van der Waals surface area contributed by atoms with E-state index in [1.807, 2.05) is 62.4 Å². The third kappa shape index (κ3) is 7.20. The molecule has 0 fully saturated rings. The predicted molar refractivity (Wildman–Crippen MR) is 160 cm³/mol. The number of carbonyl (C=O) groups excluding carboxylic acids is 2. The van der Waals surface area contributed by atoms with E-state index in [2.05, 4.69) is 26.2 Å². The molecule has 4 aromatic rings. The zero-order chi connectivity index (χ0) is 28.2. The first kappa shape index (κ1) is 28.2. The number of aryl methyl sites for hydroxylation is 2. The minimum Gasteiger partial charge on any atom is -0.449 e. The van der Waals surface area contributed by atoms with Crippen LogP contribution in [0.4, 0.5) is 0 Å². The van der Waals surface area contributed by atoms with E-state index in [9.17, 15) is 9.59 Å². The molecule has 4 aromatic carbocycles. The summed E-state index contributed by atoms with van der Waals surface area (Å²) in [6.45, 7) is 12.6. The van der Waals surface area contributed by atoms with Crippen molar-refractivity contribution in [2.75, 3.05) is 0 Å². The van der Waals surface area contributed by atoms with Crippen molar-refractivity contribution in [1.29, 1.82) is 0 Å². The summed E-state index contributed by atoms with van der Waals surface area (Å²) in [4.78, 5) is 25.2. The molecule has 7 heteroatoms. The maximum absolute atomic E-state index is 12.6. The molecule has 0 amide bonds. The Bertz CT molecular complexity index is 1330. The molecule has 0 saturated carbocycles. The maximum atomic E-state index is 12.6. The molecule has 200 valence electrons. The third-order valence-corrected chi connectivity index (χ3v) is 14.1. The lowest BCUT2D eigenvalue weighted by molar-refractivity contribution is 0.0725. The molecule has 5 nitrogen and oxygen atoms in total. The van der Waals surface area contributed by atoms with Crippen LogP contribution in [-0.4, -0.2) is 28.6 Å². The molecular weight excluding hydrogens is 521 g/mol. The van der Waals surface area contributed by atoms with E-state index >= 15 is 0 Å². The summed E-state index contributed by atoms with van der Waals surface area (Å²) >= 11 is 0. The molecule has 0 atom stereocenters. The molecule has 39 heavy (non-hydrogen) atoms. The summed E-state index contributed by atoms with van der Waals surface area (Å²) in [5, 5.41) is 2.18. The van der Waals surface area contributed by atoms with E-state index in [0.717, 1.165) is 21.5 Å². The van der Waals surface area contributed by atoms with E-state index in [0.29, 0.717) is 22.6 Å². The van der Waals surface area contributed by atoms with Crippen LogP contribution < -0.4 is 19.8 Å². The first-order chi connectivity index (χ1) is 18.4. The quantitative estimate of drug-likeness (QED) is 0.146. The van der Waals surface area contributed by atoms with Gasteiger partial charge in [-0.25, -0.2) is 9.59 Å². The lowest BCUT2D eigenvalue weighted by Crippen LogP contribution is -2.57. The summed E-state index contributed by atoms with van der Waals surface area (Å²) in [5.41, 5.74) is 3.20. The number of rotatable bonds is 8. The van der Waals surface area contributed by atoms with Crippen LogP contribution in [-0.2, 0) is 4.12 Å². The van der Waals surface area contributed by atoms with Gasteiger partial charge in [-0.3, -0.25) is 0 Å². The fourth-order valence-corrected chi connectivity index (χ4v) is 12.3. The van der Waals surface area contributed by atoms with Crippen molar-refractivity contribution in [3.63, 3.8) is 0 Å². The molecule has 0 aliphatic heterocycles. The van der Waals surface area contributed by atoms with Crippen LogP contribution in [0.15, 0.2) is 97.1 Å². The van der Waals surface area contributed by atoms with Crippen LogP contribution in [0.5, 0.6) is 11.5 Å². The van der Waals surface area contributed by atoms with Gasteiger partial charge in [0.05, 0.1) is 11.1 Å². The molecule has 4 rings (SSSR count). The van der Waals surface area contributed by atoms with Gasteiger partial charge in [-0.2, -0.15) is 0 Å². The molecule has 0 aromatic heterocycles. The Kier molecular flexibility index (Phi) is 8.35. The largest absolute Gasteiger partial charge is 0.449 e. The standard InChI is InChI=1S/C32H34O5Si2/c1-23-7-15-27(16-8-23)35-31(33)25-11-19-29(20-12-25)38(3,4)37-39(5,6)30-21-13-26(14-22-30)32(34)36-28-17-9-24(2)10-18-28/h7-22H,1-6H3. The van der Waals surface area contributed by atoms with Crippen molar-refractivity contribution in [1.82, 2.24) is 0 Å². The molecule has 0 bridgehead atoms. The molecular formula is C32H34O5Si2. The molecule has 0 unspecified atom stereocenters. The van der Waals surface area contributed by atoms with E-state index in [1.165, 1.54) is 0 Å². The number of ether oxygens (including phenoxy) is 2. The Morgan fingerprint density at radius 3 is 1.10 bits per heavy atom. The van der Waals surface area contributed by atoms with Crippen LogP contribution >= 0.6 is 0 Å². The Morgan fingerprint density at radius 2 is 0.795 bits per heavy atom. The number of benzene rings is 4. The van der Waals surface area contributed by atoms with Gasteiger partial charge in [-0.15, -0.1) is 0 Å². The van der Waals surface area contributed by atoms with Crippen molar-refractivity contribution in [2.45, 2.75) is 40.0 Å². The fourth-order valence-electron chi connectivity index (χ4n) is 4.32. The molecule has 0 saturated heterocycles. The lowest BCUT2D eigenvalue weighted by Gasteiger charge is -2.34. The van der Waals surface area contributed by atoms with Gasteiger partial charge in [0.1, 0.15) is 11.5 Å². The van der Waals surface area contributed by atoms with Gasteiger partial charge in [0.2, 0.25) is 16.6 Å². The monoisotopic (exact) mass is 554 g/mol. The number of hydrogen-bond acceptors (Lipinski definition) is 5. The summed E-state index contributed by atoms with van der Waals surface area (Å²) in [6.07, 6.45) is 0. The fraction of sp³-hybridized carbons (Fsp3) is 0.188. The highest BCUT2D eigenvalue weighted by Crippen LogP contribution is 2.18. The average molecular weight is 555 g/mol. The van der Waals surface area contributed by atoms with Crippen molar-refractivity contribution in [3.8, 4) is 11.5 Å². The highest BCUT2D eigenvalue weighted by molar-refractivity contribution is 6.96. The van der Waals surface area contributed by atoms with Gasteiger partial charge in [-0.1, -0.05) is 59.7 Å². The van der Waals surface area contributed by atoms with Crippen LogP contribution in [0.3, 0.4) is 0 Å². The predicted octanol–water partition coefficient (Wildman–Crippen LogP) is 6.28. The van der Waals surface area contributed by atoms with Crippen LogP contribution in [0.2, 0.25) is 26.2 Å². The van der Waals surface area contributed by atoms with Crippen molar-refractivity contribution in [3.05, 3.63) is 119 Å². The lowest BCUT2D eigenvalue weighted by atomic mass is 10.2. The molecule has 0 N–H and O–H groups in total. The van der Waals surface area contributed by atoms with Gasteiger partial charge in [0, 0.05) is 0 Å². The Hall–Kier alpha value is -3.79. The van der Waals surface area contributed by atoms with Gasteiger partial charge in [0.15, 0.2) is 0 Å². The summed E-state index contributed by atoms with van der Waals surface area (Å²) in [5.74, 6) is 0.271. The van der Waals surface area contributed by atoms with Crippen LogP contribution in [0.25, 0.3) is 0 Å². The van der Waals surface area contributed by atoms with Crippen LogP contribution in [0, 0.1) is 13.8 Å². The molecule has 0 radical (unpaired) electrons. The van der Waals surface area contributed by atoms with Gasteiger partial charge in [-0.05, 0) is 98.9 Å². The highest BCUT2D eigenvalue weighted by Gasteiger charge is 2.36. The maximum Gasteiger partial charge on any atom is 0.343 e. The van der Waals surface area contributed by atoms with Gasteiger partial charge >= 0.3 is 11.9 Å². The second-order valence-electron chi connectivity index (χ2n) is 10.7. The Morgan fingerprint density at radius 1 is 0.487 bits per heavy atom. The van der Waals surface area contributed by atoms with Gasteiger partial charge < -0.3 is 13.6 Å². The smallest absolute Gasteiger partial charge is 0.343 e.